The van der Waals surface area contributed by atoms with Gasteiger partial charge in [0.1, 0.15) is 28.8 Å². The zero-order chi connectivity index (χ0) is 25.6. The van der Waals surface area contributed by atoms with Crippen molar-refractivity contribution in [3.05, 3.63) is 96.4 Å². The van der Waals surface area contributed by atoms with Crippen molar-refractivity contribution in [2.24, 2.45) is 0 Å². The first-order valence-electron chi connectivity index (χ1n) is 12.6. The lowest BCUT2D eigenvalue weighted by Gasteiger charge is -2.28. The second kappa shape index (κ2) is 9.04. The molecule has 0 unspecified atom stereocenters. The molecule has 3 aromatic heterocycles. The van der Waals surface area contributed by atoms with Crippen LogP contribution in [0.2, 0.25) is 0 Å². The van der Waals surface area contributed by atoms with E-state index in [1.54, 1.807) is 36.5 Å². The van der Waals surface area contributed by atoms with Crippen LogP contribution in [0.15, 0.2) is 85.1 Å². The maximum absolute atomic E-state index is 13.7. The summed E-state index contributed by atoms with van der Waals surface area (Å²) in [5.41, 5.74) is 3.44. The number of nitrogens with one attached hydrogen (secondary N) is 2. The fraction of sp³-hybridized carbons (Fsp3) is 0.172. The maximum Gasteiger partial charge on any atom is 0.256 e. The van der Waals surface area contributed by atoms with Crippen LogP contribution in [0.4, 0.5) is 16.0 Å². The van der Waals surface area contributed by atoms with Gasteiger partial charge < -0.3 is 15.5 Å². The summed E-state index contributed by atoms with van der Waals surface area (Å²) in [5.74, 6) is 1.38. The third-order valence-electron chi connectivity index (χ3n) is 7.22. The largest absolute Gasteiger partial charge is 0.351 e. The van der Waals surface area contributed by atoms with Crippen LogP contribution in [0.1, 0.15) is 16.8 Å². The fourth-order valence-corrected chi connectivity index (χ4v) is 5.39. The van der Waals surface area contributed by atoms with Crippen molar-refractivity contribution in [3.63, 3.8) is 0 Å². The van der Waals surface area contributed by atoms with Crippen LogP contribution in [-0.2, 0) is 0 Å². The number of hydrogen-bond acceptors (Lipinski definition) is 6. The standard InChI is InChI=1S/C29H24FN7O/c30-20-8-6-18(7-9-20)27-33-24-10-11-26(36-17-21-14-23(36)16-32-21)35-28(24)37(27)22-12-13-31-25(15-22)34-29(38)19-4-2-1-3-5-19/h1-13,15,21,23,32H,14,16-17H2,(H,31,34,38)/t21-,23-/m0/s1. The van der Waals surface area contributed by atoms with Crippen LogP contribution in [0.5, 0.6) is 0 Å². The first-order valence-corrected chi connectivity index (χ1v) is 12.6. The molecule has 0 spiro atoms. The predicted octanol–water partition coefficient (Wildman–Crippen LogP) is 4.42. The number of carbonyl (C=O) groups excluding carboxylic acids is 1. The van der Waals surface area contributed by atoms with E-state index >= 15 is 0 Å². The van der Waals surface area contributed by atoms with Crippen LogP contribution < -0.4 is 15.5 Å². The van der Waals surface area contributed by atoms with Crippen LogP contribution in [0.25, 0.3) is 28.2 Å². The summed E-state index contributed by atoms with van der Waals surface area (Å²) in [5, 5.41) is 6.42. The van der Waals surface area contributed by atoms with E-state index in [0.29, 0.717) is 34.9 Å². The summed E-state index contributed by atoms with van der Waals surface area (Å²) in [6, 6.07) is 23.8. The monoisotopic (exact) mass is 505 g/mol. The Morgan fingerprint density at radius 2 is 1.84 bits per heavy atom. The third-order valence-corrected chi connectivity index (χ3v) is 7.22. The van der Waals surface area contributed by atoms with Crippen molar-refractivity contribution in [1.29, 1.82) is 0 Å². The minimum absolute atomic E-state index is 0.248. The van der Waals surface area contributed by atoms with Crippen LogP contribution in [0, 0.1) is 5.82 Å². The van der Waals surface area contributed by atoms with E-state index in [9.17, 15) is 9.18 Å². The molecule has 2 fully saturated rings. The average Bonchev–Trinajstić information content (AvgIpc) is 3.68. The predicted molar refractivity (Wildman–Crippen MR) is 144 cm³/mol. The number of hydrogen-bond donors (Lipinski definition) is 2. The highest BCUT2D eigenvalue weighted by molar-refractivity contribution is 6.03. The molecule has 2 saturated heterocycles. The number of imidazole rings is 1. The lowest BCUT2D eigenvalue weighted by atomic mass is 10.2. The zero-order valence-corrected chi connectivity index (χ0v) is 20.4. The quantitative estimate of drug-likeness (QED) is 0.368. The van der Waals surface area contributed by atoms with Crippen molar-refractivity contribution < 1.29 is 9.18 Å². The van der Waals surface area contributed by atoms with Crippen molar-refractivity contribution >= 4 is 28.7 Å². The summed E-state index contributed by atoms with van der Waals surface area (Å²) < 4.78 is 15.7. The van der Waals surface area contributed by atoms with E-state index in [0.717, 1.165) is 42.1 Å². The number of benzene rings is 2. The Kier molecular flexibility index (Phi) is 5.36. The van der Waals surface area contributed by atoms with Crippen LogP contribution >= 0.6 is 0 Å². The molecule has 0 saturated carbocycles. The summed E-state index contributed by atoms with van der Waals surface area (Å²) >= 11 is 0. The molecule has 8 nitrogen and oxygen atoms in total. The van der Waals surface area contributed by atoms with Gasteiger partial charge in [0, 0.05) is 48.6 Å². The van der Waals surface area contributed by atoms with Gasteiger partial charge in [0.15, 0.2) is 5.65 Å². The Hall–Kier alpha value is -4.63. The first kappa shape index (κ1) is 22.6. The van der Waals surface area contributed by atoms with Gasteiger partial charge in [-0.05, 0) is 61.0 Å². The molecular weight excluding hydrogens is 481 g/mol. The SMILES string of the molecule is O=C(Nc1cc(-n2c(-c3ccc(F)cc3)nc3ccc(N4C[C@@H]5C[C@H]4CN5)nc32)ccn1)c1ccccc1. The van der Waals surface area contributed by atoms with E-state index in [4.69, 9.17) is 9.97 Å². The number of fused-ring (bicyclic) bond motifs is 3. The summed E-state index contributed by atoms with van der Waals surface area (Å²) in [4.78, 5) is 29.4. The summed E-state index contributed by atoms with van der Waals surface area (Å²) in [6.45, 7) is 1.88. The molecule has 2 aliphatic rings. The smallest absolute Gasteiger partial charge is 0.256 e. The maximum atomic E-state index is 13.7. The second-order valence-corrected chi connectivity index (χ2v) is 9.66. The number of piperazine rings is 1. The number of aromatic nitrogens is 4. The van der Waals surface area contributed by atoms with Gasteiger partial charge in [-0.3, -0.25) is 9.36 Å². The molecule has 9 heteroatoms. The Morgan fingerprint density at radius 1 is 1.00 bits per heavy atom. The van der Waals surface area contributed by atoms with Gasteiger partial charge in [-0.1, -0.05) is 18.2 Å². The second-order valence-electron chi connectivity index (χ2n) is 9.66. The zero-order valence-electron chi connectivity index (χ0n) is 20.4. The van der Waals surface area contributed by atoms with E-state index in [2.05, 4.69) is 20.5 Å². The topological polar surface area (TPSA) is 88.0 Å². The molecule has 2 aliphatic heterocycles. The van der Waals surface area contributed by atoms with Gasteiger partial charge in [0.25, 0.3) is 5.91 Å². The normalized spacial score (nSPS) is 18.3. The minimum atomic E-state index is -0.315. The highest BCUT2D eigenvalue weighted by Crippen LogP contribution is 2.33. The van der Waals surface area contributed by atoms with Gasteiger partial charge in [-0.25, -0.2) is 19.3 Å². The number of rotatable bonds is 5. The van der Waals surface area contributed by atoms with Crippen molar-refractivity contribution in [2.75, 3.05) is 23.3 Å². The number of nitrogens with zero attached hydrogens (tertiary/aromatic N) is 5. The van der Waals surface area contributed by atoms with Gasteiger partial charge in [0.05, 0.1) is 5.69 Å². The lowest BCUT2D eigenvalue weighted by molar-refractivity contribution is 0.102. The van der Waals surface area contributed by atoms with Gasteiger partial charge in [0.2, 0.25) is 0 Å². The highest BCUT2D eigenvalue weighted by Gasteiger charge is 2.38. The lowest BCUT2D eigenvalue weighted by Crippen LogP contribution is -2.44. The summed E-state index contributed by atoms with van der Waals surface area (Å²) in [6.07, 6.45) is 2.76. The van der Waals surface area contributed by atoms with E-state index in [1.165, 1.54) is 12.1 Å². The highest BCUT2D eigenvalue weighted by atomic mass is 19.1. The van der Waals surface area contributed by atoms with Gasteiger partial charge >= 0.3 is 0 Å². The Bertz CT molecular complexity index is 1650. The molecule has 2 aromatic carbocycles. The van der Waals surface area contributed by atoms with Crippen LogP contribution in [0.3, 0.4) is 0 Å². The minimum Gasteiger partial charge on any atom is -0.351 e. The molecule has 188 valence electrons. The summed E-state index contributed by atoms with van der Waals surface area (Å²) in [7, 11) is 0. The molecular formula is C29H24FN7O. The number of amides is 1. The number of anilines is 2. The molecule has 0 radical (unpaired) electrons. The fourth-order valence-electron chi connectivity index (χ4n) is 5.39. The van der Waals surface area contributed by atoms with E-state index in [1.807, 2.05) is 41.0 Å². The molecule has 7 rings (SSSR count). The molecule has 2 atom stereocenters. The molecule has 2 N–H and O–H groups in total. The van der Waals surface area contributed by atoms with Crippen molar-refractivity contribution in [2.45, 2.75) is 18.5 Å². The van der Waals surface area contributed by atoms with Gasteiger partial charge in [-0.2, -0.15) is 0 Å². The van der Waals surface area contributed by atoms with Crippen molar-refractivity contribution in [1.82, 2.24) is 24.8 Å². The third kappa shape index (κ3) is 3.97. The van der Waals surface area contributed by atoms with Crippen molar-refractivity contribution in [3.8, 4) is 17.1 Å². The molecule has 5 aromatic rings. The molecule has 1 amide bonds. The molecule has 0 aliphatic carbocycles. The van der Waals surface area contributed by atoms with E-state index in [-0.39, 0.29) is 11.7 Å². The van der Waals surface area contributed by atoms with Gasteiger partial charge in [-0.15, -0.1) is 0 Å². The number of halogens is 1. The van der Waals surface area contributed by atoms with Crippen LogP contribution in [-0.4, -0.2) is 50.6 Å². The number of pyridine rings is 2. The molecule has 5 heterocycles. The number of carbonyl (C=O) groups is 1. The van der Waals surface area contributed by atoms with E-state index < -0.39 is 0 Å². The first-order chi connectivity index (χ1) is 18.6. The molecule has 2 bridgehead atoms. The molecule has 38 heavy (non-hydrogen) atoms. The Balaban J connectivity index is 1.34. The average molecular weight is 506 g/mol. The Morgan fingerprint density at radius 3 is 2.61 bits per heavy atom. The Labute approximate surface area is 218 Å².